The van der Waals surface area contributed by atoms with Gasteiger partial charge in [-0.2, -0.15) is 17.4 Å². The normalized spacial score (nSPS) is 32.6. The molecule has 2 amide bonds. The van der Waals surface area contributed by atoms with Gasteiger partial charge in [-0.3, -0.25) is 4.79 Å². The summed E-state index contributed by atoms with van der Waals surface area (Å²) >= 11 is 1.39. The standard InChI is InChI=1S/C25H36N4O8S2/c1-6-8-36-24(32)21-22(15(4)20-19(16(5)30)23(31)29(20)21)38-18-10-17(28(13-18)25(33)37-9-7-2)12-27-11-14(3)26-39(27,34)35/h6-7,14-20,26,30H,1-2,8-13H2,3-5H3/t14?,15-,16-,17+,18+,19-,20-/m1/s1. The minimum absolute atomic E-state index is 0.0153. The van der Waals surface area contributed by atoms with Gasteiger partial charge in [-0.15, -0.1) is 11.8 Å². The zero-order valence-corrected chi connectivity index (χ0v) is 23.9. The predicted octanol–water partition coefficient (Wildman–Crippen LogP) is 0.822. The molecule has 0 aliphatic carbocycles. The summed E-state index contributed by atoms with van der Waals surface area (Å²) in [6.07, 6.45) is 1.89. The average molecular weight is 585 g/mol. The van der Waals surface area contributed by atoms with Crippen LogP contribution < -0.4 is 4.72 Å². The van der Waals surface area contributed by atoms with Gasteiger partial charge in [0.05, 0.1) is 24.1 Å². The van der Waals surface area contributed by atoms with Gasteiger partial charge in [0.2, 0.25) is 5.91 Å². The van der Waals surface area contributed by atoms with Crippen LogP contribution in [0, 0.1) is 11.8 Å². The first-order valence-corrected chi connectivity index (χ1v) is 15.2. The van der Waals surface area contributed by atoms with E-state index in [1.54, 1.807) is 13.8 Å². The van der Waals surface area contributed by atoms with E-state index in [4.69, 9.17) is 9.47 Å². The maximum absolute atomic E-state index is 13.1. The lowest BCUT2D eigenvalue weighted by Gasteiger charge is -2.46. The summed E-state index contributed by atoms with van der Waals surface area (Å²) in [7, 11) is -3.66. The lowest BCUT2D eigenvalue weighted by atomic mass is 9.79. The third kappa shape index (κ3) is 5.62. The van der Waals surface area contributed by atoms with E-state index in [0.29, 0.717) is 11.3 Å². The first kappa shape index (κ1) is 29.6. The molecule has 0 aromatic heterocycles. The number of thioether (sulfide) groups is 1. The number of hydrogen-bond acceptors (Lipinski definition) is 9. The number of ether oxygens (including phenoxy) is 2. The zero-order chi connectivity index (χ0) is 28.6. The summed E-state index contributed by atoms with van der Waals surface area (Å²) in [4.78, 5) is 42.5. The highest BCUT2D eigenvalue weighted by Crippen LogP contribution is 2.52. The second-order valence-corrected chi connectivity index (χ2v) is 13.4. The number of fused-ring (bicyclic) bond motifs is 1. The van der Waals surface area contributed by atoms with Gasteiger partial charge in [0.1, 0.15) is 18.9 Å². The summed E-state index contributed by atoms with van der Waals surface area (Å²) in [6.45, 7) is 13.0. The lowest BCUT2D eigenvalue weighted by Crippen LogP contribution is -2.63. The lowest BCUT2D eigenvalue weighted by molar-refractivity contribution is -0.164. The maximum Gasteiger partial charge on any atom is 0.410 e. The summed E-state index contributed by atoms with van der Waals surface area (Å²) in [5, 5.41) is 10.0. The van der Waals surface area contributed by atoms with E-state index in [9.17, 15) is 27.9 Å². The highest BCUT2D eigenvalue weighted by molar-refractivity contribution is 8.03. The van der Waals surface area contributed by atoms with Gasteiger partial charge in [0, 0.05) is 41.7 Å². The summed E-state index contributed by atoms with van der Waals surface area (Å²) in [5.74, 6) is -1.85. The monoisotopic (exact) mass is 584 g/mol. The molecule has 4 aliphatic rings. The first-order valence-electron chi connectivity index (χ1n) is 12.9. The second kappa shape index (κ2) is 11.6. The Labute approximate surface area is 233 Å². The van der Waals surface area contributed by atoms with Crippen molar-refractivity contribution in [3.05, 3.63) is 35.9 Å². The van der Waals surface area contributed by atoms with Gasteiger partial charge >= 0.3 is 12.1 Å². The molecular formula is C25H36N4O8S2. The molecule has 7 atom stereocenters. The van der Waals surface area contributed by atoms with Gasteiger partial charge in [-0.25, -0.2) is 9.59 Å². The van der Waals surface area contributed by atoms with E-state index >= 15 is 0 Å². The molecule has 4 heterocycles. The van der Waals surface area contributed by atoms with Gasteiger partial charge in [-0.05, 0) is 20.3 Å². The van der Waals surface area contributed by atoms with Crippen molar-refractivity contribution in [2.45, 2.75) is 56.7 Å². The Morgan fingerprint density at radius 1 is 1.21 bits per heavy atom. The number of nitrogens with one attached hydrogen (secondary N) is 1. The molecule has 39 heavy (non-hydrogen) atoms. The quantitative estimate of drug-likeness (QED) is 0.217. The molecule has 3 saturated heterocycles. The van der Waals surface area contributed by atoms with Crippen molar-refractivity contribution in [2.24, 2.45) is 11.8 Å². The van der Waals surface area contributed by atoms with Crippen LogP contribution >= 0.6 is 11.8 Å². The Kier molecular flexibility index (Phi) is 8.81. The van der Waals surface area contributed by atoms with Crippen LogP contribution in [0.2, 0.25) is 0 Å². The molecule has 0 aromatic rings. The van der Waals surface area contributed by atoms with Crippen LogP contribution in [0.5, 0.6) is 0 Å². The summed E-state index contributed by atoms with van der Waals surface area (Å²) < 4.78 is 39.6. The third-order valence-electron chi connectivity index (χ3n) is 7.44. The van der Waals surface area contributed by atoms with E-state index in [1.165, 1.54) is 38.0 Å². The van der Waals surface area contributed by atoms with E-state index in [-0.39, 0.29) is 67.7 Å². The number of likely N-dealkylation sites (tertiary alicyclic amines) is 1. The molecule has 4 rings (SSSR count). The van der Waals surface area contributed by atoms with E-state index < -0.39 is 40.3 Å². The van der Waals surface area contributed by atoms with Crippen LogP contribution in [0.25, 0.3) is 0 Å². The number of esters is 1. The van der Waals surface area contributed by atoms with Crippen molar-refractivity contribution in [3.8, 4) is 0 Å². The fraction of sp³-hybridized carbons (Fsp3) is 0.640. The third-order valence-corrected chi connectivity index (χ3v) is 10.6. The van der Waals surface area contributed by atoms with E-state index in [0.717, 1.165) is 0 Å². The van der Waals surface area contributed by atoms with Crippen molar-refractivity contribution in [2.75, 3.05) is 32.8 Å². The highest BCUT2D eigenvalue weighted by atomic mass is 32.2. The molecule has 2 N–H and O–H groups in total. The molecule has 0 aromatic carbocycles. The number of hydrogen-bond donors (Lipinski definition) is 2. The van der Waals surface area contributed by atoms with Crippen molar-refractivity contribution < 1.29 is 37.4 Å². The minimum Gasteiger partial charge on any atom is -0.457 e. The molecule has 0 radical (unpaired) electrons. The summed E-state index contributed by atoms with van der Waals surface area (Å²) in [5.41, 5.74) is 0.158. The zero-order valence-electron chi connectivity index (χ0n) is 22.3. The molecule has 216 valence electrons. The molecule has 3 fully saturated rings. The Morgan fingerprint density at radius 3 is 2.46 bits per heavy atom. The number of β-lactam (4-membered cyclic amide) rings is 1. The van der Waals surface area contributed by atoms with Crippen LogP contribution in [0.4, 0.5) is 4.79 Å². The summed E-state index contributed by atoms with van der Waals surface area (Å²) in [6, 6.07) is -1.08. The number of carbonyl (C=O) groups is 3. The van der Waals surface area contributed by atoms with Crippen molar-refractivity contribution in [1.29, 1.82) is 0 Å². The molecule has 14 heteroatoms. The molecule has 4 aliphatic heterocycles. The van der Waals surface area contributed by atoms with Gasteiger partial charge in [-0.1, -0.05) is 32.2 Å². The second-order valence-electron chi connectivity index (χ2n) is 10.3. The number of nitrogens with zero attached hydrogens (tertiary/aromatic N) is 3. The predicted molar refractivity (Wildman–Crippen MR) is 144 cm³/mol. The smallest absolute Gasteiger partial charge is 0.410 e. The number of aliphatic hydroxyl groups excluding tert-OH is 1. The van der Waals surface area contributed by atoms with Crippen LogP contribution in [-0.2, 0) is 29.3 Å². The van der Waals surface area contributed by atoms with Crippen LogP contribution in [-0.4, -0.2) is 108 Å². The number of amides is 2. The molecule has 1 unspecified atom stereocenters. The molecular weight excluding hydrogens is 548 g/mol. The minimum atomic E-state index is -3.66. The number of aliphatic hydroxyl groups is 1. The maximum atomic E-state index is 13.1. The van der Waals surface area contributed by atoms with Crippen LogP contribution in [0.3, 0.4) is 0 Å². The van der Waals surface area contributed by atoms with Crippen molar-refractivity contribution >= 4 is 39.9 Å². The largest absolute Gasteiger partial charge is 0.457 e. The molecule has 0 saturated carbocycles. The molecule has 12 nitrogen and oxygen atoms in total. The number of rotatable bonds is 10. The number of carbonyl (C=O) groups excluding carboxylic acids is 3. The van der Waals surface area contributed by atoms with Crippen molar-refractivity contribution in [1.82, 2.24) is 18.8 Å². The molecule has 0 bridgehead atoms. The fourth-order valence-electron chi connectivity index (χ4n) is 5.80. The SMILES string of the molecule is C=CCOC(=O)C1=C(S[C@H]2C[C@@H](CN3CC(C)NS3(=O)=O)N(C(=O)OCC=C)C2)[C@H](C)[C@@H]2[C@@H]([C@@H](C)O)C(=O)N12. The Balaban J connectivity index is 1.59. The Bertz CT molecular complexity index is 1170. The highest BCUT2D eigenvalue weighted by Gasteiger charge is 2.60. The van der Waals surface area contributed by atoms with E-state index in [2.05, 4.69) is 17.9 Å². The van der Waals surface area contributed by atoms with Crippen LogP contribution in [0.1, 0.15) is 27.2 Å². The molecule has 0 spiro atoms. The van der Waals surface area contributed by atoms with Gasteiger partial charge in [0.15, 0.2) is 0 Å². The van der Waals surface area contributed by atoms with Crippen LogP contribution in [0.15, 0.2) is 35.9 Å². The van der Waals surface area contributed by atoms with Gasteiger partial charge in [0.25, 0.3) is 10.2 Å². The van der Waals surface area contributed by atoms with E-state index in [1.807, 2.05) is 6.92 Å². The first-order chi connectivity index (χ1) is 18.4. The topological polar surface area (TPSA) is 146 Å². The fourth-order valence-corrected chi connectivity index (χ4v) is 8.88. The van der Waals surface area contributed by atoms with Crippen molar-refractivity contribution in [3.63, 3.8) is 0 Å². The van der Waals surface area contributed by atoms with Gasteiger partial charge < -0.3 is 24.4 Å². The Hall–Kier alpha value is -2.39. The average Bonchev–Trinajstić information content (AvgIpc) is 3.45. The Morgan fingerprint density at radius 2 is 1.87 bits per heavy atom.